The van der Waals surface area contributed by atoms with Crippen molar-refractivity contribution in [2.24, 2.45) is 7.05 Å². The number of nitrogens with one attached hydrogen (secondary N) is 1. The summed E-state index contributed by atoms with van der Waals surface area (Å²) in [6, 6.07) is 13.4. The fraction of sp³-hybridized carbons (Fsp3) is 0.118. The third kappa shape index (κ3) is 2.42. The summed E-state index contributed by atoms with van der Waals surface area (Å²) in [6.07, 6.45) is 1.88. The topological polar surface area (TPSA) is 74.5 Å². The Morgan fingerprint density at radius 3 is 2.68 bits per heavy atom. The highest BCUT2D eigenvalue weighted by Crippen LogP contribution is 2.26. The van der Waals surface area contributed by atoms with Gasteiger partial charge in [0.2, 0.25) is 0 Å². The molecule has 22 heavy (non-hydrogen) atoms. The summed E-state index contributed by atoms with van der Waals surface area (Å²) in [5.74, 6) is 0. The predicted molar refractivity (Wildman–Crippen MR) is 84.2 cm³/mol. The van der Waals surface area contributed by atoms with E-state index in [4.69, 9.17) is 0 Å². The summed E-state index contributed by atoms with van der Waals surface area (Å²) in [5.41, 5.74) is 3.76. The van der Waals surface area contributed by atoms with Gasteiger partial charge in [0.1, 0.15) is 11.6 Å². The van der Waals surface area contributed by atoms with Crippen molar-refractivity contribution in [1.29, 1.82) is 5.26 Å². The molecule has 0 amide bonds. The van der Waals surface area contributed by atoms with Crippen LogP contribution in [0.2, 0.25) is 0 Å². The van der Waals surface area contributed by atoms with Gasteiger partial charge in [-0.25, -0.2) is 0 Å². The molecule has 0 aliphatic carbocycles. The maximum atomic E-state index is 11.9. The Labute approximate surface area is 127 Å². The summed E-state index contributed by atoms with van der Waals surface area (Å²) in [5, 5.41) is 13.6. The van der Waals surface area contributed by atoms with Crippen LogP contribution < -0.4 is 5.56 Å². The highest BCUT2D eigenvalue weighted by atomic mass is 16.1. The predicted octanol–water partition coefficient (Wildman–Crippen LogP) is 2.62. The van der Waals surface area contributed by atoms with E-state index in [1.807, 2.05) is 55.7 Å². The minimum absolute atomic E-state index is 0.128. The Morgan fingerprint density at radius 1 is 1.23 bits per heavy atom. The number of aryl methyl sites for hydroxylation is 2. The number of H-pyrrole nitrogens is 1. The van der Waals surface area contributed by atoms with E-state index in [1.165, 1.54) is 0 Å². The first-order valence-corrected chi connectivity index (χ1v) is 6.83. The Morgan fingerprint density at radius 2 is 2.00 bits per heavy atom. The molecule has 0 radical (unpaired) electrons. The van der Waals surface area contributed by atoms with Crippen LogP contribution in [0.5, 0.6) is 0 Å². The van der Waals surface area contributed by atoms with Crippen LogP contribution in [0.25, 0.3) is 22.4 Å². The highest BCUT2D eigenvalue weighted by molar-refractivity contribution is 5.75. The molecule has 0 unspecified atom stereocenters. The van der Waals surface area contributed by atoms with Crippen molar-refractivity contribution in [3.63, 3.8) is 0 Å². The summed E-state index contributed by atoms with van der Waals surface area (Å²) in [7, 11) is 1.86. The lowest BCUT2D eigenvalue weighted by Crippen LogP contribution is -2.12. The van der Waals surface area contributed by atoms with Gasteiger partial charge < -0.3 is 4.98 Å². The molecule has 5 nitrogen and oxygen atoms in total. The Bertz CT molecular complexity index is 944. The molecule has 5 heteroatoms. The van der Waals surface area contributed by atoms with Crippen molar-refractivity contribution in [2.45, 2.75) is 6.92 Å². The summed E-state index contributed by atoms with van der Waals surface area (Å²) < 4.78 is 1.74. The summed E-state index contributed by atoms with van der Waals surface area (Å²) in [6.45, 7) is 1.80. The molecule has 1 N–H and O–H groups in total. The van der Waals surface area contributed by atoms with E-state index in [-0.39, 0.29) is 11.1 Å². The standard InChI is InChI=1S/C17H14N4O/c1-11-8-14(15(10-18)17(22)19-11)12-4-3-5-13(9-12)16-6-7-21(2)20-16/h3-9H,1-2H3,(H,19,22). The van der Waals surface area contributed by atoms with Gasteiger partial charge in [-0.15, -0.1) is 0 Å². The van der Waals surface area contributed by atoms with Gasteiger partial charge in [0, 0.05) is 30.1 Å². The molecule has 1 aromatic carbocycles. The Balaban J connectivity index is 2.19. The first-order chi connectivity index (χ1) is 10.6. The van der Waals surface area contributed by atoms with Crippen molar-refractivity contribution in [1.82, 2.24) is 14.8 Å². The average molecular weight is 290 g/mol. The molecule has 0 fully saturated rings. The zero-order valence-electron chi connectivity index (χ0n) is 12.3. The van der Waals surface area contributed by atoms with E-state index in [0.29, 0.717) is 5.56 Å². The zero-order valence-corrected chi connectivity index (χ0v) is 12.3. The number of hydrogen-bond acceptors (Lipinski definition) is 3. The van der Waals surface area contributed by atoms with Gasteiger partial charge in [-0.2, -0.15) is 10.4 Å². The molecule has 2 heterocycles. The Hall–Kier alpha value is -3.13. The van der Waals surface area contributed by atoms with Crippen molar-refractivity contribution in [3.8, 4) is 28.5 Å². The minimum Gasteiger partial charge on any atom is -0.325 e. The second-order valence-corrected chi connectivity index (χ2v) is 5.14. The van der Waals surface area contributed by atoms with E-state index in [0.717, 1.165) is 22.5 Å². The fourth-order valence-electron chi connectivity index (χ4n) is 2.44. The van der Waals surface area contributed by atoms with Gasteiger partial charge in [0.05, 0.1) is 5.69 Å². The first-order valence-electron chi connectivity index (χ1n) is 6.83. The smallest absolute Gasteiger partial charge is 0.266 e. The molecule has 108 valence electrons. The molecule has 0 aliphatic rings. The number of benzene rings is 1. The number of nitriles is 1. The molecule has 2 aromatic heterocycles. The van der Waals surface area contributed by atoms with Crippen LogP contribution in [0.1, 0.15) is 11.3 Å². The van der Waals surface area contributed by atoms with Gasteiger partial charge in [-0.3, -0.25) is 9.48 Å². The quantitative estimate of drug-likeness (QED) is 0.788. The molecule has 0 aliphatic heterocycles. The lowest BCUT2D eigenvalue weighted by atomic mass is 9.98. The molecule has 0 spiro atoms. The van der Waals surface area contributed by atoms with E-state index in [1.54, 1.807) is 11.6 Å². The van der Waals surface area contributed by atoms with E-state index < -0.39 is 0 Å². The third-order valence-corrected chi connectivity index (χ3v) is 3.46. The van der Waals surface area contributed by atoms with Gasteiger partial charge in [0.25, 0.3) is 5.56 Å². The van der Waals surface area contributed by atoms with Gasteiger partial charge in [-0.1, -0.05) is 18.2 Å². The maximum absolute atomic E-state index is 11.9. The Kier molecular flexibility index (Phi) is 3.36. The largest absolute Gasteiger partial charge is 0.325 e. The van der Waals surface area contributed by atoms with Crippen LogP contribution in [0.3, 0.4) is 0 Å². The van der Waals surface area contributed by atoms with Crippen molar-refractivity contribution >= 4 is 0 Å². The number of pyridine rings is 1. The van der Waals surface area contributed by atoms with Crippen LogP contribution >= 0.6 is 0 Å². The number of rotatable bonds is 2. The molecular formula is C17H14N4O. The average Bonchev–Trinajstić information content (AvgIpc) is 2.93. The van der Waals surface area contributed by atoms with Crippen LogP contribution in [-0.2, 0) is 7.05 Å². The van der Waals surface area contributed by atoms with Crippen LogP contribution in [-0.4, -0.2) is 14.8 Å². The molecule has 3 rings (SSSR count). The SMILES string of the molecule is Cc1cc(-c2cccc(-c3ccn(C)n3)c2)c(C#N)c(=O)[nH]1. The van der Waals surface area contributed by atoms with E-state index in [9.17, 15) is 10.1 Å². The number of aromatic amines is 1. The zero-order chi connectivity index (χ0) is 15.7. The van der Waals surface area contributed by atoms with Gasteiger partial charge in [0.15, 0.2) is 0 Å². The third-order valence-electron chi connectivity index (χ3n) is 3.46. The maximum Gasteiger partial charge on any atom is 0.266 e. The second-order valence-electron chi connectivity index (χ2n) is 5.14. The van der Waals surface area contributed by atoms with Gasteiger partial charge >= 0.3 is 0 Å². The van der Waals surface area contributed by atoms with E-state index >= 15 is 0 Å². The summed E-state index contributed by atoms with van der Waals surface area (Å²) >= 11 is 0. The van der Waals surface area contributed by atoms with Crippen molar-refractivity contribution < 1.29 is 0 Å². The molecular weight excluding hydrogens is 276 g/mol. The molecule has 0 bridgehead atoms. The molecule has 3 aromatic rings. The van der Waals surface area contributed by atoms with E-state index in [2.05, 4.69) is 10.1 Å². The number of aromatic nitrogens is 3. The normalized spacial score (nSPS) is 10.4. The van der Waals surface area contributed by atoms with Crippen LogP contribution in [0.4, 0.5) is 0 Å². The van der Waals surface area contributed by atoms with Gasteiger partial charge in [-0.05, 0) is 30.7 Å². The van der Waals surface area contributed by atoms with Crippen LogP contribution in [0, 0.1) is 18.3 Å². The first kappa shape index (κ1) is 13.8. The van der Waals surface area contributed by atoms with Crippen LogP contribution in [0.15, 0.2) is 47.4 Å². The lowest BCUT2D eigenvalue weighted by Gasteiger charge is -2.07. The molecule has 0 atom stereocenters. The fourth-order valence-corrected chi connectivity index (χ4v) is 2.44. The molecule has 0 saturated carbocycles. The number of nitrogens with zero attached hydrogens (tertiary/aromatic N) is 3. The molecule has 0 saturated heterocycles. The highest BCUT2D eigenvalue weighted by Gasteiger charge is 2.11. The van der Waals surface area contributed by atoms with Crippen molar-refractivity contribution in [3.05, 3.63) is 64.2 Å². The van der Waals surface area contributed by atoms with Crippen molar-refractivity contribution in [2.75, 3.05) is 0 Å². The monoisotopic (exact) mass is 290 g/mol. The lowest BCUT2D eigenvalue weighted by molar-refractivity contribution is 0.771. The number of hydrogen-bond donors (Lipinski definition) is 1. The minimum atomic E-state index is -0.360. The second kappa shape index (κ2) is 5.34. The summed E-state index contributed by atoms with van der Waals surface area (Å²) in [4.78, 5) is 14.6.